The molecule has 25 heavy (non-hydrogen) atoms. The molecule has 0 saturated carbocycles. The highest BCUT2D eigenvalue weighted by Gasteiger charge is 2.27. The van der Waals surface area contributed by atoms with Crippen LogP contribution in [0.5, 0.6) is 11.5 Å². The van der Waals surface area contributed by atoms with E-state index in [9.17, 15) is 9.59 Å². The third kappa shape index (κ3) is 4.58. The Morgan fingerprint density at radius 2 is 1.80 bits per heavy atom. The molecule has 6 nitrogen and oxygen atoms in total. The lowest BCUT2D eigenvalue weighted by Gasteiger charge is -2.25. The van der Waals surface area contributed by atoms with Crippen molar-refractivity contribution in [1.82, 2.24) is 10.9 Å². The van der Waals surface area contributed by atoms with Gasteiger partial charge in [0.1, 0.15) is 6.61 Å². The van der Waals surface area contributed by atoms with Gasteiger partial charge in [0.2, 0.25) is 12.0 Å². The summed E-state index contributed by atoms with van der Waals surface area (Å²) in [5, 5.41) is 0.579. The first kappa shape index (κ1) is 17.4. The van der Waals surface area contributed by atoms with Gasteiger partial charge in [-0.1, -0.05) is 35.9 Å². The van der Waals surface area contributed by atoms with Crippen molar-refractivity contribution in [3.63, 3.8) is 0 Å². The van der Waals surface area contributed by atoms with E-state index in [1.165, 1.54) is 11.8 Å². The van der Waals surface area contributed by atoms with Crippen LogP contribution in [0.3, 0.4) is 0 Å². The molecule has 0 spiro atoms. The van der Waals surface area contributed by atoms with Crippen LogP contribution in [-0.2, 0) is 9.59 Å². The third-order valence-corrected chi connectivity index (χ3v) is 4.84. The summed E-state index contributed by atoms with van der Waals surface area (Å²) < 4.78 is 11.0. The number of benzene rings is 2. The Morgan fingerprint density at radius 1 is 1.08 bits per heavy atom. The summed E-state index contributed by atoms with van der Waals surface area (Å²) in [6.07, 6.45) is -0.827. The number of hydrogen-bond acceptors (Lipinski definition) is 5. The highest BCUT2D eigenvalue weighted by atomic mass is 35.5. The normalized spacial score (nSPS) is 15.3. The molecule has 1 aliphatic heterocycles. The average molecular weight is 379 g/mol. The maximum Gasteiger partial charge on any atom is 0.283 e. The number of thioether (sulfide) groups is 1. The number of nitrogens with one attached hydrogen (secondary N) is 2. The third-order valence-electron chi connectivity index (χ3n) is 3.32. The van der Waals surface area contributed by atoms with Gasteiger partial charge in [-0.25, -0.2) is 0 Å². The van der Waals surface area contributed by atoms with Crippen LogP contribution in [0.25, 0.3) is 0 Å². The minimum Gasteiger partial charge on any atom is -0.485 e. The van der Waals surface area contributed by atoms with E-state index in [1.54, 1.807) is 24.3 Å². The first-order valence-electron chi connectivity index (χ1n) is 7.48. The molecule has 0 aromatic heterocycles. The van der Waals surface area contributed by atoms with Crippen molar-refractivity contribution in [3.8, 4) is 11.5 Å². The van der Waals surface area contributed by atoms with Gasteiger partial charge in [0.05, 0.1) is 10.8 Å². The molecule has 0 radical (unpaired) electrons. The van der Waals surface area contributed by atoms with E-state index in [-0.39, 0.29) is 18.3 Å². The number of hydrazine groups is 1. The number of carbonyl (C=O) groups is 2. The molecular formula is C17H15ClN2O4S. The van der Waals surface area contributed by atoms with Crippen LogP contribution in [0.4, 0.5) is 0 Å². The Morgan fingerprint density at radius 3 is 2.60 bits per heavy atom. The van der Waals surface area contributed by atoms with Crippen molar-refractivity contribution in [2.75, 3.05) is 12.4 Å². The van der Waals surface area contributed by atoms with Gasteiger partial charge in [-0.3, -0.25) is 20.4 Å². The number of fused-ring (bicyclic) bond motifs is 1. The maximum absolute atomic E-state index is 12.1. The molecule has 0 aliphatic carbocycles. The predicted octanol–water partition coefficient (Wildman–Crippen LogP) is 2.42. The summed E-state index contributed by atoms with van der Waals surface area (Å²) in [4.78, 5) is 24.7. The lowest BCUT2D eigenvalue weighted by Crippen LogP contribution is -2.51. The smallest absolute Gasteiger partial charge is 0.283 e. The van der Waals surface area contributed by atoms with E-state index in [0.29, 0.717) is 16.5 Å². The van der Waals surface area contributed by atoms with Crippen LogP contribution >= 0.6 is 23.4 Å². The first-order valence-corrected chi connectivity index (χ1v) is 8.84. The van der Waals surface area contributed by atoms with E-state index in [4.69, 9.17) is 21.1 Å². The molecule has 0 fully saturated rings. The number of hydrogen-bond donors (Lipinski definition) is 2. The molecule has 2 aromatic rings. The molecule has 2 aromatic carbocycles. The minimum absolute atomic E-state index is 0.0765. The monoisotopic (exact) mass is 378 g/mol. The van der Waals surface area contributed by atoms with Crippen molar-refractivity contribution >= 4 is 35.2 Å². The summed E-state index contributed by atoms with van der Waals surface area (Å²) in [5.41, 5.74) is 4.70. The average Bonchev–Trinajstić information content (AvgIpc) is 2.65. The van der Waals surface area contributed by atoms with E-state index >= 15 is 0 Å². The molecule has 130 valence electrons. The number of para-hydroxylation sites is 2. The molecule has 0 bridgehead atoms. The van der Waals surface area contributed by atoms with Gasteiger partial charge < -0.3 is 9.47 Å². The quantitative estimate of drug-likeness (QED) is 0.631. The van der Waals surface area contributed by atoms with E-state index in [1.807, 2.05) is 24.3 Å². The number of ether oxygens (including phenoxy) is 2. The van der Waals surface area contributed by atoms with E-state index in [0.717, 1.165) is 4.90 Å². The Hall–Kier alpha value is -2.38. The molecule has 0 unspecified atom stereocenters. The summed E-state index contributed by atoms with van der Waals surface area (Å²) in [5.74, 6) is 0.372. The van der Waals surface area contributed by atoms with Gasteiger partial charge in [0.25, 0.3) is 5.91 Å². The van der Waals surface area contributed by atoms with Crippen molar-refractivity contribution in [1.29, 1.82) is 0 Å². The molecular weight excluding hydrogens is 364 g/mol. The zero-order valence-electron chi connectivity index (χ0n) is 13.0. The summed E-state index contributed by atoms with van der Waals surface area (Å²) in [7, 11) is 0. The van der Waals surface area contributed by atoms with Gasteiger partial charge in [0, 0.05) is 4.90 Å². The summed E-state index contributed by atoms with van der Waals surface area (Å²) in [6.45, 7) is 0.0765. The lowest BCUT2D eigenvalue weighted by atomic mass is 10.2. The molecule has 3 rings (SSSR count). The Kier molecular flexibility index (Phi) is 5.67. The second kappa shape index (κ2) is 8.13. The van der Waals surface area contributed by atoms with Gasteiger partial charge in [0.15, 0.2) is 11.5 Å². The van der Waals surface area contributed by atoms with Crippen molar-refractivity contribution in [2.24, 2.45) is 0 Å². The van der Waals surface area contributed by atoms with Crippen LogP contribution in [0, 0.1) is 0 Å². The first-order chi connectivity index (χ1) is 12.1. The molecule has 1 heterocycles. The standard InChI is InChI=1S/C17H15ClN2O4S/c18-11-5-1-4-8-15(11)25-10-16(21)19-20-17(22)14-9-23-12-6-2-3-7-13(12)24-14/h1-8,14H,9-10H2,(H,19,21)(H,20,22)/t14-/m0/s1. The lowest BCUT2D eigenvalue weighted by molar-refractivity contribution is -0.134. The van der Waals surface area contributed by atoms with Gasteiger partial charge in [-0.15, -0.1) is 11.8 Å². The Labute approximate surface area is 153 Å². The molecule has 2 amide bonds. The zero-order valence-corrected chi connectivity index (χ0v) is 14.6. The van der Waals surface area contributed by atoms with Crippen LogP contribution in [-0.4, -0.2) is 30.3 Å². The summed E-state index contributed by atoms with van der Waals surface area (Å²) in [6, 6.07) is 14.3. The molecule has 1 atom stereocenters. The summed E-state index contributed by atoms with van der Waals surface area (Å²) >= 11 is 7.31. The molecule has 8 heteroatoms. The predicted molar refractivity (Wildman–Crippen MR) is 94.8 cm³/mol. The highest BCUT2D eigenvalue weighted by molar-refractivity contribution is 8.00. The Bertz CT molecular complexity index is 787. The zero-order chi connectivity index (χ0) is 17.6. The van der Waals surface area contributed by atoms with Crippen LogP contribution in [0.2, 0.25) is 5.02 Å². The minimum atomic E-state index is -0.827. The number of amides is 2. The molecule has 2 N–H and O–H groups in total. The van der Waals surface area contributed by atoms with Crippen molar-refractivity contribution in [2.45, 2.75) is 11.0 Å². The highest BCUT2D eigenvalue weighted by Crippen LogP contribution is 2.30. The molecule has 0 saturated heterocycles. The molecule has 1 aliphatic rings. The SMILES string of the molecule is O=C(CSc1ccccc1Cl)NNC(=O)[C@@H]1COc2ccccc2O1. The number of halogens is 1. The van der Waals surface area contributed by atoms with E-state index < -0.39 is 12.0 Å². The largest absolute Gasteiger partial charge is 0.485 e. The number of carbonyl (C=O) groups excluding carboxylic acids is 2. The maximum atomic E-state index is 12.1. The van der Waals surface area contributed by atoms with Crippen molar-refractivity contribution < 1.29 is 19.1 Å². The van der Waals surface area contributed by atoms with Crippen LogP contribution < -0.4 is 20.3 Å². The fourth-order valence-electron chi connectivity index (χ4n) is 2.10. The van der Waals surface area contributed by atoms with Gasteiger partial charge in [-0.2, -0.15) is 0 Å². The van der Waals surface area contributed by atoms with Crippen molar-refractivity contribution in [3.05, 3.63) is 53.6 Å². The fourth-order valence-corrected chi connectivity index (χ4v) is 3.14. The van der Waals surface area contributed by atoms with Crippen LogP contribution in [0.15, 0.2) is 53.4 Å². The Balaban J connectivity index is 1.45. The van der Waals surface area contributed by atoms with Crippen LogP contribution in [0.1, 0.15) is 0 Å². The second-order valence-electron chi connectivity index (χ2n) is 5.12. The van der Waals surface area contributed by atoms with E-state index in [2.05, 4.69) is 10.9 Å². The topological polar surface area (TPSA) is 76.7 Å². The van der Waals surface area contributed by atoms with Gasteiger partial charge in [-0.05, 0) is 24.3 Å². The second-order valence-corrected chi connectivity index (χ2v) is 6.55. The fraction of sp³-hybridized carbons (Fsp3) is 0.176. The number of rotatable bonds is 4. The van der Waals surface area contributed by atoms with Gasteiger partial charge >= 0.3 is 0 Å².